The fraction of sp³-hybridized carbons (Fsp3) is 0.0714. The summed E-state index contributed by atoms with van der Waals surface area (Å²) >= 11 is 4.88. The summed E-state index contributed by atoms with van der Waals surface area (Å²) in [6.45, 7) is 0. The second kappa shape index (κ2) is 6.79. The number of halogens is 4. The number of benzene rings is 2. The Balaban J connectivity index is 2.15. The van der Waals surface area contributed by atoms with Gasteiger partial charge in [-0.25, -0.2) is 4.39 Å². The third-order valence-corrected chi connectivity index (χ3v) is 3.06. The quantitative estimate of drug-likeness (QED) is 0.364. The molecule has 24 heavy (non-hydrogen) atoms. The molecule has 2 N–H and O–H groups in total. The smallest absolute Gasteiger partial charge is 0.332 e. The monoisotopic (exact) mass is 359 g/mol. The van der Waals surface area contributed by atoms with Gasteiger partial charge in [-0.1, -0.05) is 6.07 Å². The van der Waals surface area contributed by atoms with Gasteiger partial charge in [-0.05, 0) is 36.5 Å². The van der Waals surface area contributed by atoms with Crippen molar-refractivity contribution >= 4 is 34.4 Å². The summed E-state index contributed by atoms with van der Waals surface area (Å²) < 4.78 is 51.5. The van der Waals surface area contributed by atoms with E-state index < -0.39 is 28.2 Å². The van der Waals surface area contributed by atoms with Gasteiger partial charge in [-0.3, -0.25) is 10.1 Å². The predicted octanol–water partition coefficient (Wildman–Crippen LogP) is 4.56. The molecule has 0 saturated heterocycles. The molecule has 2 aromatic rings. The number of nitrogens with zero attached hydrogens (tertiary/aromatic N) is 1. The molecule has 10 heteroatoms. The van der Waals surface area contributed by atoms with Crippen LogP contribution in [0.1, 0.15) is 5.56 Å². The summed E-state index contributed by atoms with van der Waals surface area (Å²) in [7, 11) is 0. The van der Waals surface area contributed by atoms with E-state index in [-0.39, 0.29) is 16.5 Å². The van der Waals surface area contributed by atoms with Crippen molar-refractivity contribution < 1.29 is 22.5 Å². The van der Waals surface area contributed by atoms with E-state index in [2.05, 4.69) is 10.6 Å². The number of nitro groups is 1. The van der Waals surface area contributed by atoms with E-state index in [1.807, 2.05) is 0 Å². The van der Waals surface area contributed by atoms with Crippen LogP contribution in [0.4, 0.5) is 34.6 Å². The normalized spacial score (nSPS) is 11.0. The van der Waals surface area contributed by atoms with E-state index in [0.717, 1.165) is 0 Å². The minimum atomic E-state index is -4.63. The lowest BCUT2D eigenvalue weighted by Gasteiger charge is -2.13. The van der Waals surface area contributed by atoms with Crippen LogP contribution in [0.5, 0.6) is 0 Å². The van der Waals surface area contributed by atoms with Crippen molar-refractivity contribution in [2.75, 3.05) is 10.6 Å². The molecule has 0 unspecified atom stereocenters. The Morgan fingerprint density at radius 3 is 2.46 bits per heavy atom. The summed E-state index contributed by atoms with van der Waals surface area (Å²) in [4.78, 5) is 10.1. The highest BCUT2D eigenvalue weighted by Gasteiger charge is 2.31. The molecule has 0 heterocycles. The Labute approximate surface area is 138 Å². The highest BCUT2D eigenvalue weighted by Crippen LogP contribution is 2.31. The molecule has 2 aromatic carbocycles. The fourth-order valence-electron chi connectivity index (χ4n) is 1.78. The fourth-order valence-corrected chi connectivity index (χ4v) is 2.01. The lowest BCUT2D eigenvalue weighted by Crippen LogP contribution is -2.20. The van der Waals surface area contributed by atoms with Crippen molar-refractivity contribution in [2.24, 2.45) is 0 Å². The average Bonchev–Trinajstić information content (AvgIpc) is 2.48. The molecule has 0 spiro atoms. The van der Waals surface area contributed by atoms with Gasteiger partial charge in [-0.2, -0.15) is 13.2 Å². The van der Waals surface area contributed by atoms with Gasteiger partial charge in [0, 0.05) is 17.8 Å². The standard InChI is InChI=1S/C14H9F4N3O2S/c15-11-5-4-8(14(16,17)18)6-12(11)20-13(24)19-9-2-1-3-10(7-9)21(22)23/h1-7H,(H2,19,20,24). The highest BCUT2D eigenvalue weighted by atomic mass is 32.1. The van der Waals surface area contributed by atoms with Gasteiger partial charge < -0.3 is 10.6 Å². The van der Waals surface area contributed by atoms with Crippen molar-refractivity contribution in [1.82, 2.24) is 0 Å². The summed E-state index contributed by atoms with van der Waals surface area (Å²) in [6.07, 6.45) is -4.63. The summed E-state index contributed by atoms with van der Waals surface area (Å²) in [6, 6.07) is 7.15. The van der Waals surface area contributed by atoms with E-state index >= 15 is 0 Å². The average molecular weight is 359 g/mol. The molecule has 0 amide bonds. The maximum atomic E-state index is 13.6. The topological polar surface area (TPSA) is 67.2 Å². The number of nitrogens with one attached hydrogen (secondary N) is 2. The minimum absolute atomic E-state index is 0.201. The first-order valence-corrected chi connectivity index (χ1v) is 6.77. The van der Waals surface area contributed by atoms with Crippen LogP contribution < -0.4 is 10.6 Å². The number of thiocarbonyl (C=S) groups is 1. The van der Waals surface area contributed by atoms with Crippen LogP contribution in [0.3, 0.4) is 0 Å². The van der Waals surface area contributed by atoms with Gasteiger partial charge in [0.2, 0.25) is 0 Å². The van der Waals surface area contributed by atoms with Crippen molar-refractivity contribution in [3.63, 3.8) is 0 Å². The predicted molar refractivity (Wildman–Crippen MR) is 84.3 cm³/mol. The largest absolute Gasteiger partial charge is 0.416 e. The number of hydrogen-bond donors (Lipinski definition) is 2. The van der Waals surface area contributed by atoms with Crippen LogP contribution in [-0.2, 0) is 6.18 Å². The summed E-state index contributed by atoms with van der Waals surface area (Å²) in [5.74, 6) is -0.925. The zero-order valence-corrected chi connectivity index (χ0v) is 12.5. The van der Waals surface area contributed by atoms with Gasteiger partial charge in [0.25, 0.3) is 5.69 Å². The van der Waals surface area contributed by atoms with Crippen LogP contribution in [0.2, 0.25) is 0 Å². The molecule has 0 radical (unpaired) electrons. The Kier molecular flexibility index (Phi) is 4.98. The number of non-ortho nitro benzene ring substituents is 1. The maximum Gasteiger partial charge on any atom is 0.416 e. The lowest BCUT2D eigenvalue weighted by atomic mass is 10.2. The molecule has 2 rings (SSSR count). The zero-order chi connectivity index (χ0) is 17.9. The van der Waals surface area contributed by atoms with E-state index in [4.69, 9.17) is 12.2 Å². The highest BCUT2D eigenvalue weighted by molar-refractivity contribution is 7.80. The van der Waals surface area contributed by atoms with Crippen molar-refractivity contribution in [3.05, 3.63) is 64.0 Å². The van der Waals surface area contributed by atoms with Crippen LogP contribution in [0, 0.1) is 15.9 Å². The molecule has 0 aliphatic heterocycles. The molecular formula is C14H9F4N3O2S. The van der Waals surface area contributed by atoms with Crippen LogP contribution in [0.15, 0.2) is 42.5 Å². The third-order valence-electron chi connectivity index (χ3n) is 2.86. The van der Waals surface area contributed by atoms with E-state index in [1.165, 1.54) is 24.3 Å². The summed E-state index contributed by atoms with van der Waals surface area (Å²) in [5.41, 5.74) is -1.47. The van der Waals surface area contributed by atoms with E-state index in [1.54, 1.807) is 0 Å². The van der Waals surface area contributed by atoms with Gasteiger partial charge >= 0.3 is 6.18 Å². The molecular weight excluding hydrogens is 350 g/mol. The van der Waals surface area contributed by atoms with Crippen LogP contribution in [0.25, 0.3) is 0 Å². The SMILES string of the molecule is O=[N+]([O-])c1cccc(NC(=S)Nc2cc(C(F)(F)F)ccc2F)c1. The van der Waals surface area contributed by atoms with Crippen molar-refractivity contribution in [2.45, 2.75) is 6.18 Å². The van der Waals surface area contributed by atoms with Crippen LogP contribution in [-0.4, -0.2) is 10.0 Å². The van der Waals surface area contributed by atoms with Gasteiger partial charge in [0.1, 0.15) is 5.82 Å². The molecule has 0 bridgehead atoms. The Bertz CT molecular complexity index is 796. The summed E-state index contributed by atoms with van der Waals surface area (Å²) in [5, 5.41) is 15.3. The molecule has 126 valence electrons. The van der Waals surface area contributed by atoms with E-state index in [0.29, 0.717) is 18.2 Å². The van der Waals surface area contributed by atoms with Gasteiger partial charge in [0.15, 0.2) is 5.11 Å². The number of anilines is 2. The number of rotatable bonds is 3. The molecule has 0 aliphatic carbocycles. The van der Waals surface area contributed by atoms with Crippen molar-refractivity contribution in [1.29, 1.82) is 0 Å². The number of hydrogen-bond acceptors (Lipinski definition) is 3. The zero-order valence-electron chi connectivity index (χ0n) is 11.7. The number of nitro benzene ring substituents is 1. The first-order chi connectivity index (χ1) is 11.2. The van der Waals surface area contributed by atoms with Gasteiger partial charge in [0.05, 0.1) is 16.2 Å². The first kappa shape index (κ1) is 17.6. The Morgan fingerprint density at radius 1 is 1.12 bits per heavy atom. The van der Waals surface area contributed by atoms with Gasteiger partial charge in [-0.15, -0.1) is 0 Å². The molecule has 0 saturated carbocycles. The van der Waals surface area contributed by atoms with E-state index in [9.17, 15) is 27.7 Å². The lowest BCUT2D eigenvalue weighted by molar-refractivity contribution is -0.384. The molecule has 0 fully saturated rings. The first-order valence-electron chi connectivity index (χ1n) is 6.36. The van der Waals surface area contributed by atoms with Crippen LogP contribution >= 0.6 is 12.2 Å². The minimum Gasteiger partial charge on any atom is -0.332 e. The van der Waals surface area contributed by atoms with Crippen molar-refractivity contribution in [3.8, 4) is 0 Å². The maximum absolute atomic E-state index is 13.6. The molecule has 0 aromatic heterocycles. The molecule has 5 nitrogen and oxygen atoms in total. The Hall–Kier alpha value is -2.75. The Morgan fingerprint density at radius 2 is 1.83 bits per heavy atom. The second-order valence-corrected chi connectivity index (χ2v) is 4.99. The number of alkyl halides is 3. The molecule has 0 aliphatic rings. The third kappa shape index (κ3) is 4.38. The molecule has 0 atom stereocenters. The second-order valence-electron chi connectivity index (χ2n) is 4.58.